The minimum Gasteiger partial charge on any atom is -0.497 e. The molecule has 7 nitrogen and oxygen atoms in total. The van der Waals surface area contributed by atoms with E-state index in [1.54, 1.807) is 12.0 Å². The fraction of sp³-hybridized carbons (Fsp3) is 0.350. The van der Waals surface area contributed by atoms with E-state index in [-0.39, 0.29) is 23.2 Å². The van der Waals surface area contributed by atoms with Crippen molar-refractivity contribution in [3.05, 3.63) is 53.3 Å². The number of piperazine rings is 1. The van der Waals surface area contributed by atoms with Crippen molar-refractivity contribution in [2.24, 2.45) is 0 Å². The zero-order chi connectivity index (χ0) is 21.9. The Balaban J connectivity index is 1.66. The van der Waals surface area contributed by atoms with Crippen molar-refractivity contribution >= 4 is 38.9 Å². The molecule has 1 amide bonds. The third-order valence-electron chi connectivity index (χ3n) is 4.94. The molecule has 0 atom stereocenters. The smallest absolute Gasteiger partial charge is 0.243 e. The minimum absolute atomic E-state index is 0.147. The predicted molar refractivity (Wildman–Crippen MR) is 115 cm³/mol. The first kappa shape index (κ1) is 22.2. The fourth-order valence-corrected chi connectivity index (χ4v) is 4.29. The summed E-state index contributed by atoms with van der Waals surface area (Å²) in [6.07, 6.45) is 0.999. The highest BCUT2D eigenvalue weighted by molar-refractivity contribution is 7.92. The molecular formula is C20H23ClFN3O4S. The zero-order valence-corrected chi connectivity index (χ0v) is 18.3. The van der Waals surface area contributed by atoms with Crippen molar-refractivity contribution < 1.29 is 22.3 Å². The summed E-state index contributed by atoms with van der Waals surface area (Å²) in [5.41, 5.74) is 1.18. The Morgan fingerprint density at radius 2 is 1.77 bits per heavy atom. The molecule has 10 heteroatoms. The number of carbonyl (C=O) groups excluding carboxylic acids is 1. The van der Waals surface area contributed by atoms with E-state index in [9.17, 15) is 17.6 Å². The fourth-order valence-electron chi connectivity index (χ4n) is 3.27. The number of rotatable bonds is 6. The van der Waals surface area contributed by atoms with Crippen molar-refractivity contribution in [3.8, 4) is 5.75 Å². The van der Waals surface area contributed by atoms with E-state index in [4.69, 9.17) is 16.3 Å². The van der Waals surface area contributed by atoms with Gasteiger partial charge in [-0.25, -0.2) is 12.8 Å². The van der Waals surface area contributed by atoms with E-state index in [1.807, 2.05) is 24.3 Å². The van der Waals surface area contributed by atoms with Gasteiger partial charge in [0.2, 0.25) is 15.9 Å². The molecule has 0 unspecified atom stereocenters. The summed E-state index contributed by atoms with van der Waals surface area (Å²) in [5.74, 6) is -0.209. The molecule has 0 radical (unpaired) electrons. The molecule has 1 aliphatic heterocycles. The molecule has 0 spiro atoms. The first-order valence-corrected chi connectivity index (χ1v) is 11.5. The summed E-state index contributed by atoms with van der Waals surface area (Å²) < 4.78 is 44.0. The van der Waals surface area contributed by atoms with Gasteiger partial charge < -0.3 is 14.5 Å². The molecule has 1 aliphatic rings. The molecule has 1 heterocycles. The van der Waals surface area contributed by atoms with Gasteiger partial charge in [-0.05, 0) is 42.5 Å². The maximum absolute atomic E-state index is 13.4. The molecule has 0 saturated carbocycles. The van der Waals surface area contributed by atoms with Crippen molar-refractivity contribution in [1.82, 2.24) is 4.90 Å². The van der Waals surface area contributed by atoms with Crippen LogP contribution in [-0.4, -0.2) is 65.3 Å². The van der Waals surface area contributed by atoms with Crippen LogP contribution < -0.4 is 13.9 Å². The molecule has 2 aromatic rings. The van der Waals surface area contributed by atoms with Crippen LogP contribution in [0, 0.1) is 5.82 Å². The van der Waals surface area contributed by atoms with Gasteiger partial charge in [0.25, 0.3) is 0 Å². The van der Waals surface area contributed by atoms with Crippen LogP contribution in [0.25, 0.3) is 0 Å². The van der Waals surface area contributed by atoms with Gasteiger partial charge in [0.1, 0.15) is 18.1 Å². The van der Waals surface area contributed by atoms with Gasteiger partial charge >= 0.3 is 0 Å². The lowest BCUT2D eigenvalue weighted by atomic mass is 10.2. The lowest BCUT2D eigenvalue weighted by Crippen LogP contribution is -2.52. The number of hydrogen-bond acceptors (Lipinski definition) is 5. The van der Waals surface area contributed by atoms with E-state index in [0.717, 1.165) is 28.1 Å². The van der Waals surface area contributed by atoms with E-state index in [1.165, 1.54) is 12.1 Å². The number of ether oxygens (including phenoxy) is 1. The monoisotopic (exact) mass is 455 g/mol. The Morgan fingerprint density at radius 3 is 2.30 bits per heavy atom. The molecule has 0 N–H and O–H groups in total. The lowest BCUT2D eigenvalue weighted by molar-refractivity contribution is -0.129. The summed E-state index contributed by atoms with van der Waals surface area (Å²) in [6, 6.07) is 11.2. The molecule has 1 saturated heterocycles. The number of nitrogens with zero attached hydrogens (tertiary/aromatic N) is 3. The second-order valence-electron chi connectivity index (χ2n) is 6.93. The van der Waals surface area contributed by atoms with Crippen LogP contribution in [0.2, 0.25) is 5.02 Å². The first-order chi connectivity index (χ1) is 14.2. The summed E-state index contributed by atoms with van der Waals surface area (Å²) in [4.78, 5) is 16.6. The van der Waals surface area contributed by atoms with Gasteiger partial charge in [-0.1, -0.05) is 11.6 Å². The van der Waals surface area contributed by atoms with Gasteiger partial charge in [0.15, 0.2) is 0 Å². The van der Waals surface area contributed by atoms with Crippen LogP contribution in [0.1, 0.15) is 0 Å². The topological polar surface area (TPSA) is 70.2 Å². The van der Waals surface area contributed by atoms with Gasteiger partial charge in [0, 0.05) is 31.9 Å². The van der Waals surface area contributed by atoms with Crippen LogP contribution in [0.15, 0.2) is 42.5 Å². The van der Waals surface area contributed by atoms with Crippen LogP contribution in [0.5, 0.6) is 5.75 Å². The van der Waals surface area contributed by atoms with Gasteiger partial charge in [-0.15, -0.1) is 0 Å². The van der Waals surface area contributed by atoms with Crippen LogP contribution >= 0.6 is 11.6 Å². The van der Waals surface area contributed by atoms with Crippen molar-refractivity contribution in [2.45, 2.75) is 0 Å². The Hall–Kier alpha value is -2.52. The van der Waals surface area contributed by atoms with Crippen LogP contribution in [-0.2, 0) is 14.8 Å². The minimum atomic E-state index is -3.76. The Morgan fingerprint density at radius 1 is 1.13 bits per heavy atom. The summed E-state index contributed by atoms with van der Waals surface area (Å²) in [7, 11) is -2.15. The van der Waals surface area contributed by atoms with E-state index in [0.29, 0.717) is 26.2 Å². The van der Waals surface area contributed by atoms with Crippen LogP contribution in [0.4, 0.5) is 15.8 Å². The molecule has 30 heavy (non-hydrogen) atoms. The number of amides is 1. The van der Waals surface area contributed by atoms with E-state index < -0.39 is 15.8 Å². The van der Waals surface area contributed by atoms with Crippen molar-refractivity contribution in [3.63, 3.8) is 0 Å². The number of benzene rings is 2. The average Bonchev–Trinajstić information content (AvgIpc) is 2.73. The Labute approximate surface area is 180 Å². The number of anilines is 2. The van der Waals surface area contributed by atoms with Crippen molar-refractivity contribution in [1.29, 1.82) is 0 Å². The quantitative estimate of drug-likeness (QED) is 0.669. The van der Waals surface area contributed by atoms with Gasteiger partial charge in [-0.2, -0.15) is 0 Å². The molecular weight excluding hydrogens is 433 g/mol. The largest absolute Gasteiger partial charge is 0.497 e. The zero-order valence-electron chi connectivity index (χ0n) is 16.7. The van der Waals surface area contributed by atoms with Crippen LogP contribution in [0.3, 0.4) is 0 Å². The van der Waals surface area contributed by atoms with E-state index in [2.05, 4.69) is 4.90 Å². The Kier molecular flexibility index (Phi) is 6.72. The third kappa shape index (κ3) is 5.14. The second-order valence-corrected chi connectivity index (χ2v) is 9.25. The highest BCUT2D eigenvalue weighted by Crippen LogP contribution is 2.25. The maximum Gasteiger partial charge on any atom is 0.243 e. The molecule has 162 valence electrons. The predicted octanol–water partition coefficient (Wildman–Crippen LogP) is 2.60. The van der Waals surface area contributed by atoms with E-state index >= 15 is 0 Å². The first-order valence-electron chi connectivity index (χ1n) is 9.28. The number of halogens is 2. The number of hydrogen-bond donors (Lipinski definition) is 0. The van der Waals surface area contributed by atoms with Gasteiger partial charge in [-0.3, -0.25) is 9.10 Å². The Bertz CT molecular complexity index is 1010. The average molecular weight is 456 g/mol. The lowest BCUT2D eigenvalue weighted by Gasteiger charge is -2.37. The highest BCUT2D eigenvalue weighted by atomic mass is 35.5. The summed E-state index contributed by atoms with van der Waals surface area (Å²) in [6.45, 7) is 1.81. The summed E-state index contributed by atoms with van der Waals surface area (Å²) in [5, 5.41) is -0.207. The molecule has 0 bridgehead atoms. The van der Waals surface area contributed by atoms with Gasteiger partial charge in [0.05, 0.1) is 24.1 Å². The van der Waals surface area contributed by atoms with Crippen molar-refractivity contribution in [2.75, 3.05) is 55.3 Å². The molecule has 3 rings (SSSR count). The second kappa shape index (κ2) is 9.09. The molecule has 0 aliphatic carbocycles. The normalized spacial score (nSPS) is 14.5. The summed E-state index contributed by atoms with van der Waals surface area (Å²) >= 11 is 5.78. The standard InChI is InChI=1S/C20H23ClFN3O4S/c1-29-17-6-3-15(4-7-17)23-9-11-24(12-10-23)20(26)14-25(30(2,27)28)16-5-8-19(22)18(21)13-16/h3-8,13H,9-12,14H2,1-2H3. The SMILES string of the molecule is COc1ccc(N2CCN(C(=O)CN(c3ccc(F)c(Cl)c3)S(C)(=O)=O)CC2)cc1. The molecule has 2 aromatic carbocycles. The highest BCUT2D eigenvalue weighted by Gasteiger charge is 2.27. The number of methoxy groups -OCH3 is 1. The third-order valence-corrected chi connectivity index (χ3v) is 6.37. The number of carbonyl (C=O) groups is 1. The maximum atomic E-state index is 13.4. The number of sulfonamides is 1. The molecule has 1 fully saturated rings. The molecule has 0 aromatic heterocycles.